The number of hydrogen-bond acceptors (Lipinski definition) is 2. The molecular formula is C15H19ClN2OS. The molecule has 0 aliphatic carbocycles. The molecule has 20 heavy (non-hydrogen) atoms. The summed E-state index contributed by atoms with van der Waals surface area (Å²) < 4.78 is 6.29. The minimum atomic E-state index is -0.430. The molecule has 2 aliphatic heterocycles. The molecule has 108 valence electrons. The van der Waals surface area contributed by atoms with Gasteiger partial charge in [0.05, 0.1) is 11.1 Å². The second kappa shape index (κ2) is 4.78. The average molecular weight is 311 g/mol. The third-order valence-electron chi connectivity index (χ3n) is 4.34. The van der Waals surface area contributed by atoms with Crippen LogP contribution in [0.1, 0.15) is 45.2 Å². The van der Waals surface area contributed by atoms with E-state index >= 15 is 0 Å². The summed E-state index contributed by atoms with van der Waals surface area (Å²) in [6.07, 6.45) is 1.88. The molecule has 0 amide bonds. The van der Waals surface area contributed by atoms with Crippen molar-refractivity contribution >= 4 is 28.9 Å². The first kappa shape index (κ1) is 14.0. The zero-order valence-corrected chi connectivity index (χ0v) is 13.5. The lowest BCUT2D eigenvalue weighted by molar-refractivity contribution is -0.0839. The molecule has 0 radical (unpaired) electrons. The van der Waals surface area contributed by atoms with Gasteiger partial charge in [-0.2, -0.15) is 0 Å². The highest BCUT2D eigenvalue weighted by atomic mass is 35.5. The van der Waals surface area contributed by atoms with Gasteiger partial charge in [0.2, 0.25) is 0 Å². The van der Waals surface area contributed by atoms with Crippen LogP contribution in [0.4, 0.5) is 0 Å². The average Bonchev–Trinajstić information content (AvgIpc) is 2.39. The standard InChI is InChI=1S/C15H19ClN2OS/c1-4-9(2)18-14(20)17-12-8-15(18,3)19-13-10(12)6-5-7-11(13)16/h5-7,9,12H,4,8H2,1-3H3,(H,17,20). The van der Waals surface area contributed by atoms with Gasteiger partial charge in [-0.1, -0.05) is 30.7 Å². The van der Waals surface area contributed by atoms with Crippen molar-refractivity contribution in [3.05, 3.63) is 28.8 Å². The predicted molar refractivity (Wildman–Crippen MR) is 85.2 cm³/mol. The lowest BCUT2D eigenvalue weighted by atomic mass is 9.89. The van der Waals surface area contributed by atoms with E-state index in [2.05, 4.69) is 37.1 Å². The summed E-state index contributed by atoms with van der Waals surface area (Å²) in [5.41, 5.74) is 0.668. The number of benzene rings is 1. The molecule has 1 aromatic rings. The molecule has 0 aromatic heterocycles. The Morgan fingerprint density at radius 3 is 3.05 bits per heavy atom. The van der Waals surface area contributed by atoms with Crippen LogP contribution < -0.4 is 10.1 Å². The highest BCUT2D eigenvalue weighted by molar-refractivity contribution is 7.80. The van der Waals surface area contributed by atoms with E-state index < -0.39 is 5.72 Å². The maximum Gasteiger partial charge on any atom is 0.184 e. The minimum absolute atomic E-state index is 0.176. The van der Waals surface area contributed by atoms with Gasteiger partial charge in [0, 0.05) is 18.0 Å². The zero-order chi connectivity index (χ0) is 14.5. The molecule has 3 rings (SSSR count). The Balaban J connectivity index is 2.07. The van der Waals surface area contributed by atoms with Crippen LogP contribution in [-0.2, 0) is 0 Å². The zero-order valence-electron chi connectivity index (χ0n) is 11.9. The number of nitrogens with zero attached hydrogens (tertiary/aromatic N) is 1. The van der Waals surface area contributed by atoms with Crippen LogP contribution >= 0.6 is 23.8 Å². The third-order valence-corrected chi connectivity index (χ3v) is 4.95. The SMILES string of the molecule is CCC(C)N1C(=S)NC2CC1(C)Oc1c(Cl)cccc12. The first-order valence-electron chi connectivity index (χ1n) is 7.03. The molecule has 1 fully saturated rings. The molecule has 1 N–H and O–H groups in total. The quantitative estimate of drug-likeness (QED) is 0.838. The summed E-state index contributed by atoms with van der Waals surface area (Å²) in [6, 6.07) is 6.38. The van der Waals surface area contributed by atoms with E-state index in [0.717, 1.165) is 29.3 Å². The first-order valence-corrected chi connectivity index (χ1v) is 7.82. The van der Waals surface area contributed by atoms with Crippen LogP contribution in [0.25, 0.3) is 0 Å². The first-order chi connectivity index (χ1) is 9.46. The second-order valence-corrected chi connectivity index (χ2v) is 6.56. The Labute approximate surface area is 130 Å². The van der Waals surface area contributed by atoms with Crippen molar-refractivity contribution in [1.29, 1.82) is 0 Å². The Morgan fingerprint density at radius 2 is 2.35 bits per heavy atom. The van der Waals surface area contributed by atoms with Gasteiger partial charge < -0.3 is 15.0 Å². The lowest BCUT2D eigenvalue weighted by Crippen LogP contribution is -2.66. The summed E-state index contributed by atoms with van der Waals surface area (Å²) in [5.74, 6) is 0.788. The van der Waals surface area contributed by atoms with Gasteiger partial charge in [0.15, 0.2) is 10.8 Å². The van der Waals surface area contributed by atoms with Gasteiger partial charge in [-0.25, -0.2) is 0 Å². The largest absolute Gasteiger partial charge is 0.466 e. The number of rotatable bonds is 2. The van der Waals surface area contributed by atoms with Crippen LogP contribution in [0.15, 0.2) is 18.2 Å². The molecule has 2 bridgehead atoms. The molecule has 0 saturated carbocycles. The number of halogens is 1. The Morgan fingerprint density at radius 1 is 1.60 bits per heavy atom. The maximum atomic E-state index is 6.31. The van der Waals surface area contributed by atoms with Crippen LogP contribution in [0.2, 0.25) is 5.02 Å². The van der Waals surface area contributed by atoms with Crippen molar-refractivity contribution < 1.29 is 4.74 Å². The molecule has 5 heteroatoms. The molecule has 3 nitrogen and oxygen atoms in total. The molecule has 1 aromatic carbocycles. The topological polar surface area (TPSA) is 24.5 Å². The minimum Gasteiger partial charge on any atom is -0.466 e. The summed E-state index contributed by atoms with van der Waals surface area (Å²) in [7, 11) is 0. The number of fused-ring (bicyclic) bond motifs is 4. The van der Waals surface area contributed by atoms with E-state index in [-0.39, 0.29) is 6.04 Å². The fraction of sp³-hybridized carbons (Fsp3) is 0.533. The molecular weight excluding hydrogens is 292 g/mol. The van der Waals surface area contributed by atoms with Crippen molar-refractivity contribution in [3.63, 3.8) is 0 Å². The highest BCUT2D eigenvalue weighted by Crippen LogP contribution is 2.47. The summed E-state index contributed by atoms with van der Waals surface area (Å²) in [4.78, 5) is 2.17. The number of hydrogen-bond donors (Lipinski definition) is 1. The number of para-hydroxylation sites is 1. The van der Waals surface area contributed by atoms with E-state index in [4.69, 9.17) is 28.6 Å². The van der Waals surface area contributed by atoms with Crippen LogP contribution in [0, 0.1) is 0 Å². The van der Waals surface area contributed by atoms with E-state index in [9.17, 15) is 0 Å². The smallest absolute Gasteiger partial charge is 0.184 e. The molecule has 1 saturated heterocycles. The normalized spacial score (nSPS) is 29.3. The van der Waals surface area contributed by atoms with Crippen LogP contribution in [0.3, 0.4) is 0 Å². The summed E-state index contributed by atoms with van der Waals surface area (Å²) in [5, 5.41) is 4.87. The monoisotopic (exact) mass is 310 g/mol. The van der Waals surface area contributed by atoms with E-state index in [1.165, 1.54) is 0 Å². The molecule has 2 heterocycles. The molecule has 3 atom stereocenters. The number of nitrogens with one attached hydrogen (secondary N) is 1. The number of thiocarbonyl (C=S) groups is 1. The van der Waals surface area contributed by atoms with Gasteiger partial charge in [0.25, 0.3) is 0 Å². The fourth-order valence-electron chi connectivity index (χ4n) is 3.22. The van der Waals surface area contributed by atoms with E-state index in [0.29, 0.717) is 11.1 Å². The van der Waals surface area contributed by atoms with Gasteiger partial charge in [-0.15, -0.1) is 0 Å². The third kappa shape index (κ3) is 1.97. The Kier molecular flexibility index (Phi) is 3.33. The van der Waals surface area contributed by atoms with Crippen molar-refractivity contribution in [1.82, 2.24) is 10.2 Å². The molecule has 3 unspecified atom stereocenters. The van der Waals surface area contributed by atoms with Gasteiger partial charge >= 0.3 is 0 Å². The number of ether oxygens (including phenoxy) is 1. The highest BCUT2D eigenvalue weighted by Gasteiger charge is 2.49. The molecule has 2 aliphatic rings. The van der Waals surface area contributed by atoms with Gasteiger partial charge in [0.1, 0.15) is 5.75 Å². The van der Waals surface area contributed by atoms with Crippen molar-refractivity contribution in [2.24, 2.45) is 0 Å². The van der Waals surface area contributed by atoms with Crippen molar-refractivity contribution in [2.75, 3.05) is 0 Å². The van der Waals surface area contributed by atoms with Crippen molar-refractivity contribution in [3.8, 4) is 5.75 Å². The summed E-state index contributed by atoms with van der Waals surface area (Å²) >= 11 is 11.9. The maximum absolute atomic E-state index is 6.31. The molecule has 0 spiro atoms. The van der Waals surface area contributed by atoms with Crippen LogP contribution in [-0.4, -0.2) is 21.8 Å². The van der Waals surface area contributed by atoms with Gasteiger partial charge in [-0.05, 0) is 38.6 Å². The Bertz CT molecular complexity index is 565. The predicted octanol–water partition coefficient (Wildman–Crippen LogP) is 3.87. The second-order valence-electron chi connectivity index (χ2n) is 5.77. The summed E-state index contributed by atoms with van der Waals surface area (Å²) in [6.45, 7) is 6.43. The van der Waals surface area contributed by atoms with Crippen LogP contribution in [0.5, 0.6) is 5.75 Å². The Hall–Kier alpha value is -1.00. The van der Waals surface area contributed by atoms with Gasteiger partial charge in [-0.3, -0.25) is 0 Å². The fourth-order valence-corrected chi connectivity index (χ4v) is 3.95. The van der Waals surface area contributed by atoms with Crippen molar-refractivity contribution in [2.45, 2.75) is 51.4 Å². The lowest BCUT2D eigenvalue weighted by Gasteiger charge is -2.54. The van der Waals surface area contributed by atoms with E-state index in [1.807, 2.05) is 12.1 Å². The van der Waals surface area contributed by atoms with E-state index in [1.54, 1.807) is 0 Å².